The molecule has 0 amide bonds. The van der Waals surface area contributed by atoms with E-state index < -0.39 is 0 Å². The average Bonchev–Trinajstić information content (AvgIpc) is 1.88. The summed E-state index contributed by atoms with van der Waals surface area (Å²) in [5, 5.41) is 0. The Bertz CT molecular complexity index is 189. The normalized spacial score (nSPS) is 8.60. The monoisotopic (exact) mass is 136 g/mol. The Morgan fingerprint density at radius 2 is 2.00 bits per heavy atom. The SMILES string of the molecule is C.CCc1cccc(C)c1. The fraction of sp³-hybridized carbons (Fsp3) is 0.400. The molecule has 0 unspecified atom stereocenters. The van der Waals surface area contributed by atoms with Crippen LogP contribution in [-0.2, 0) is 6.42 Å². The van der Waals surface area contributed by atoms with Crippen LogP contribution >= 0.6 is 0 Å². The van der Waals surface area contributed by atoms with Gasteiger partial charge in [-0.05, 0) is 18.9 Å². The fourth-order valence-corrected chi connectivity index (χ4v) is 0.932. The van der Waals surface area contributed by atoms with Gasteiger partial charge in [-0.2, -0.15) is 0 Å². The Labute approximate surface area is 63.9 Å². The van der Waals surface area contributed by atoms with E-state index in [2.05, 4.69) is 38.1 Å². The molecule has 0 nitrogen and oxygen atoms in total. The van der Waals surface area contributed by atoms with Crippen LogP contribution in [-0.4, -0.2) is 0 Å². The van der Waals surface area contributed by atoms with Gasteiger partial charge in [-0.25, -0.2) is 0 Å². The smallest absolute Gasteiger partial charge is 0.0307 e. The van der Waals surface area contributed by atoms with Crippen molar-refractivity contribution in [2.24, 2.45) is 0 Å². The zero-order chi connectivity index (χ0) is 6.69. The summed E-state index contributed by atoms with van der Waals surface area (Å²) in [5.74, 6) is 0. The van der Waals surface area contributed by atoms with Crippen molar-refractivity contribution < 1.29 is 0 Å². The summed E-state index contributed by atoms with van der Waals surface area (Å²) in [6.07, 6.45) is 1.14. The second-order valence-corrected chi connectivity index (χ2v) is 2.34. The van der Waals surface area contributed by atoms with Crippen molar-refractivity contribution in [3.8, 4) is 0 Å². The van der Waals surface area contributed by atoms with Crippen LogP contribution in [0.1, 0.15) is 25.5 Å². The van der Waals surface area contributed by atoms with Gasteiger partial charge in [0.05, 0.1) is 0 Å². The summed E-state index contributed by atoms with van der Waals surface area (Å²) in [6.45, 7) is 4.30. The highest BCUT2D eigenvalue weighted by Crippen LogP contribution is 2.03. The van der Waals surface area contributed by atoms with E-state index in [0.717, 1.165) is 6.42 Å². The summed E-state index contributed by atoms with van der Waals surface area (Å²) in [6, 6.07) is 8.61. The lowest BCUT2D eigenvalue weighted by Crippen LogP contribution is -1.78. The Kier molecular flexibility index (Phi) is 3.78. The molecule has 0 N–H and O–H groups in total. The third-order valence-electron chi connectivity index (χ3n) is 1.49. The maximum absolute atomic E-state index is 2.22. The number of benzene rings is 1. The predicted molar refractivity (Wildman–Crippen MR) is 47.3 cm³/mol. The van der Waals surface area contributed by atoms with E-state index >= 15 is 0 Å². The molecule has 0 aliphatic heterocycles. The lowest BCUT2D eigenvalue weighted by molar-refractivity contribution is 1.13. The van der Waals surface area contributed by atoms with Crippen molar-refractivity contribution in [3.05, 3.63) is 35.4 Å². The van der Waals surface area contributed by atoms with Gasteiger partial charge < -0.3 is 0 Å². The van der Waals surface area contributed by atoms with Crippen molar-refractivity contribution in [1.29, 1.82) is 0 Å². The van der Waals surface area contributed by atoms with Crippen molar-refractivity contribution in [1.82, 2.24) is 0 Å². The van der Waals surface area contributed by atoms with Crippen molar-refractivity contribution in [2.45, 2.75) is 27.7 Å². The van der Waals surface area contributed by atoms with Crippen molar-refractivity contribution in [3.63, 3.8) is 0 Å². The molecule has 1 aromatic carbocycles. The lowest BCUT2D eigenvalue weighted by atomic mass is 10.1. The van der Waals surface area contributed by atoms with E-state index in [-0.39, 0.29) is 7.43 Å². The van der Waals surface area contributed by atoms with Crippen LogP contribution in [0.15, 0.2) is 24.3 Å². The molecule has 0 radical (unpaired) electrons. The molecular formula is C10H16. The molecule has 0 fully saturated rings. The van der Waals surface area contributed by atoms with Crippen LogP contribution < -0.4 is 0 Å². The van der Waals surface area contributed by atoms with E-state index in [9.17, 15) is 0 Å². The topological polar surface area (TPSA) is 0 Å². The molecule has 0 saturated heterocycles. The van der Waals surface area contributed by atoms with Crippen LogP contribution in [0.4, 0.5) is 0 Å². The first kappa shape index (κ1) is 9.22. The van der Waals surface area contributed by atoms with Crippen molar-refractivity contribution >= 4 is 0 Å². The molecule has 0 spiro atoms. The fourth-order valence-electron chi connectivity index (χ4n) is 0.932. The molecule has 0 aromatic heterocycles. The molecule has 0 saturated carbocycles. The minimum absolute atomic E-state index is 0. The van der Waals surface area contributed by atoms with Gasteiger partial charge in [0.1, 0.15) is 0 Å². The van der Waals surface area contributed by atoms with Gasteiger partial charge in [0.25, 0.3) is 0 Å². The highest BCUT2D eigenvalue weighted by atomic mass is 13.9. The molecule has 0 atom stereocenters. The summed E-state index contributed by atoms with van der Waals surface area (Å²) >= 11 is 0. The van der Waals surface area contributed by atoms with Crippen molar-refractivity contribution in [2.75, 3.05) is 0 Å². The minimum atomic E-state index is 0. The molecule has 0 bridgehead atoms. The molecule has 0 heterocycles. The van der Waals surface area contributed by atoms with Gasteiger partial charge in [-0.15, -0.1) is 0 Å². The van der Waals surface area contributed by atoms with Gasteiger partial charge in [0.2, 0.25) is 0 Å². The number of hydrogen-bond donors (Lipinski definition) is 0. The second-order valence-electron chi connectivity index (χ2n) is 2.34. The second kappa shape index (κ2) is 4.10. The summed E-state index contributed by atoms with van der Waals surface area (Å²) in [7, 11) is 0. The summed E-state index contributed by atoms with van der Waals surface area (Å²) in [5.41, 5.74) is 2.78. The Morgan fingerprint density at radius 3 is 2.40 bits per heavy atom. The zero-order valence-corrected chi connectivity index (χ0v) is 6.02. The first-order chi connectivity index (χ1) is 4.33. The van der Waals surface area contributed by atoms with Gasteiger partial charge in [-0.3, -0.25) is 0 Å². The molecule has 0 aliphatic rings. The molecular weight excluding hydrogens is 120 g/mol. The highest BCUT2D eigenvalue weighted by molar-refractivity contribution is 5.21. The number of rotatable bonds is 1. The van der Waals surface area contributed by atoms with Crippen LogP contribution in [0, 0.1) is 6.92 Å². The first-order valence-corrected chi connectivity index (χ1v) is 3.38. The highest BCUT2D eigenvalue weighted by Gasteiger charge is 1.85. The van der Waals surface area contributed by atoms with Gasteiger partial charge in [-0.1, -0.05) is 44.2 Å². The largest absolute Gasteiger partial charge is 0.0776 e. The zero-order valence-electron chi connectivity index (χ0n) is 6.02. The Morgan fingerprint density at radius 1 is 1.30 bits per heavy atom. The third kappa shape index (κ3) is 2.22. The average molecular weight is 136 g/mol. The van der Waals surface area contributed by atoms with Gasteiger partial charge in [0, 0.05) is 0 Å². The minimum Gasteiger partial charge on any atom is -0.0776 e. The maximum atomic E-state index is 2.22. The molecule has 1 rings (SSSR count). The predicted octanol–water partition coefficient (Wildman–Crippen LogP) is 3.19. The van der Waals surface area contributed by atoms with Gasteiger partial charge in [0.15, 0.2) is 0 Å². The van der Waals surface area contributed by atoms with E-state index in [0.29, 0.717) is 0 Å². The van der Waals surface area contributed by atoms with Gasteiger partial charge >= 0.3 is 0 Å². The molecule has 10 heavy (non-hydrogen) atoms. The molecule has 0 heteroatoms. The first-order valence-electron chi connectivity index (χ1n) is 3.38. The maximum Gasteiger partial charge on any atom is -0.0307 e. The van der Waals surface area contributed by atoms with E-state index in [4.69, 9.17) is 0 Å². The number of hydrogen-bond acceptors (Lipinski definition) is 0. The lowest BCUT2D eigenvalue weighted by Gasteiger charge is -1.95. The van der Waals surface area contributed by atoms with Crippen LogP contribution in [0.5, 0.6) is 0 Å². The Hall–Kier alpha value is -0.780. The summed E-state index contributed by atoms with van der Waals surface area (Å²) in [4.78, 5) is 0. The van der Waals surface area contributed by atoms with E-state index in [1.54, 1.807) is 0 Å². The van der Waals surface area contributed by atoms with E-state index in [1.807, 2.05) is 0 Å². The van der Waals surface area contributed by atoms with Crippen LogP contribution in [0.2, 0.25) is 0 Å². The van der Waals surface area contributed by atoms with E-state index in [1.165, 1.54) is 11.1 Å². The molecule has 56 valence electrons. The molecule has 0 aliphatic carbocycles. The standard InChI is InChI=1S/C9H12.CH4/c1-3-9-6-4-5-8(2)7-9;/h4-7H,3H2,1-2H3;1H4. The summed E-state index contributed by atoms with van der Waals surface area (Å²) < 4.78 is 0. The third-order valence-corrected chi connectivity index (χ3v) is 1.49. The van der Waals surface area contributed by atoms with Crippen LogP contribution in [0.25, 0.3) is 0 Å². The Balaban J connectivity index is 0.000000810. The quantitative estimate of drug-likeness (QED) is 0.556. The molecule has 1 aromatic rings. The number of aryl methyl sites for hydroxylation is 2. The van der Waals surface area contributed by atoms with Crippen LogP contribution in [0.3, 0.4) is 0 Å².